The van der Waals surface area contributed by atoms with Crippen molar-refractivity contribution in [3.63, 3.8) is 0 Å². The Labute approximate surface area is 325 Å². The van der Waals surface area contributed by atoms with Gasteiger partial charge in [0.1, 0.15) is 12.7 Å². The van der Waals surface area contributed by atoms with Crippen molar-refractivity contribution in [3.05, 3.63) is 72.9 Å². The first-order valence-electron chi connectivity index (χ1n) is 20.0. The van der Waals surface area contributed by atoms with Crippen molar-refractivity contribution in [1.29, 1.82) is 0 Å². The molecule has 0 saturated heterocycles. The molecule has 12 heteroatoms. The molecule has 0 aromatic rings. The number of rotatable bonds is 36. The molecule has 0 aromatic heterocycles. The van der Waals surface area contributed by atoms with Gasteiger partial charge in [-0.2, -0.15) is 0 Å². The highest BCUT2D eigenvalue weighted by Crippen LogP contribution is 2.43. The number of esters is 2. The van der Waals surface area contributed by atoms with E-state index in [2.05, 4.69) is 35.8 Å². The lowest BCUT2D eigenvalue weighted by molar-refractivity contribution is -0.161. The van der Waals surface area contributed by atoms with Crippen LogP contribution in [-0.2, 0) is 32.7 Å². The van der Waals surface area contributed by atoms with E-state index in [1.54, 1.807) is 6.08 Å². The summed E-state index contributed by atoms with van der Waals surface area (Å²) in [6.07, 6.45) is 37.9. The van der Waals surface area contributed by atoms with Gasteiger partial charge in [0.25, 0.3) is 0 Å². The van der Waals surface area contributed by atoms with Gasteiger partial charge in [-0.1, -0.05) is 125 Å². The largest absolute Gasteiger partial charge is 0.472 e. The summed E-state index contributed by atoms with van der Waals surface area (Å²) >= 11 is 0. The fourth-order valence-electron chi connectivity index (χ4n) is 4.81. The van der Waals surface area contributed by atoms with Gasteiger partial charge in [-0.15, -0.1) is 0 Å². The van der Waals surface area contributed by atoms with Crippen molar-refractivity contribution in [3.8, 4) is 0 Å². The van der Waals surface area contributed by atoms with Crippen LogP contribution in [0.4, 0.5) is 0 Å². The van der Waals surface area contributed by atoms with Crippen LogP contribution >= 0.6 is 7.82 Å². The summed E-state index contributed by atoms with van der Waals surface area (Å²) in [6, 6.07) is 0. The van der Waals surface area contributed by atoms with Crippen LogP contribution in [0.5, 0.6) is 0 Å². The molecule has 0 heterocycles. The maximum atomic E-state index is 12.6. The summed E-state index contributed by atoms with van der Waals surface area (Å²) in [5.74, 6) is -1.04. The average Bonchev–Trinajstić information content (AvgIpc) is 3.15. The second-order valence-corrected chi connectivity index (χ2v) is 14.6. The lowest BCUT2D eigenvalue weighted by Crippen LogP contribution is -2.29. The van der Waals surface area contributed by atoms with Crippen LogP contribution in [0.25, 0.3) is 0 Å². The molecule has 4 N–H and O–H groups in total. The van der Waals surface area contributed by atoms with Crippen molar-refractivity contribution in [2.75, 3.05) is 26.4 Å². The summed E-state index contributed by atoms with van der Waals surface area (Å²) in [6.45, 7) is 2.01. The number of ether oxygens (including phenoxy) is 2. The van der Waals surface area contributed by atoms with Gasteiger partial charge in [-0.3, -0.25) is 18.6 Å². The standard InChI is InChI=1S/C42H71O11P/c1-3-5-7-8-9-10-11-12-16-19-22-25-28-32-41(46)50-36-40(37-52-54(48,49)51-35-39(45)34-43)53-42(47)33-29-26-23-20-17-14-13-15-18-21-24-27-31-38(44)30-6-4-2/h6,10-11,13-14,18,20-21,23-24,27,30,38-40,43-45H,3-5,7-9,12,15-17,19,22,25-26,28-29,31-37H2,1-2H3,(H,48,49)/b11-10-,14-13-,21-18-,23-20-,27-24+,30-6-/t38?,39-,40+/m0/s1. The Balaban J connectivity index is 4.51. The Morgan fingerprint density at radius 3 is 1.93 bits per heavy atom. The molecule has 0 aliphatic rings. The molecule has 4 atom stereocenters. The number of carbonyl (C=O) groups excluding carboxylic acids is 2. The maximum absolute atomic E-state index is 12.6. The van der Waals surface area contributed by atoms with E-state index in [9.17, 15) is 29.3 Å². The zero-order valence-electron chi connectivity index (χ0n) is 33.0. The van der Waals surface area contributed by atoms with E-state index in [4.69, 9.17) is 19.1 Å². The molecule has 11 nitrogen and oxygen atoms in total. The highest BCUT2D eigenvalue weighted by Gasteiger charge is 2.27. The minimum atomic E-state index is -4.64. The van der Waals surface area contributed by atoms with Gasteiger partial charge in [0.05, 0.1) is 25.9 Å². The van der Waals surface area contributed by atoms with Gasteiger partial charge >= 0.3 is 19.8 Å². The third kappa shape index (κ3) is 36.4. The van der Waals surface area contributed by atoms with Crippen LogP contribution in [0.15, 0.2) is 72.9 Å². The topological polar surface area (TPSA) is 169 Å². The average molecular weight is 783 g/mol. The summed E-state index contributed by atoms with van der Waals surface area (Å²) in [4.78, 5) is 34.9. The second-order valence-electron chi connectivity index (χ2n) is 13.1. The fraction of sp³-hybridized carbons (Fsp3) is 0.667. The summed E-state index contributed by atoms with van der Waals surface area (Å²) < 4.78 is 32.5. The van der Waals surface area contributed by atoms with E-state index in [0.29, 0.717) is 25.7 Å². The first-order valence-corrected chi connectivity index (χ1v) is 21.5. The summed E-state index contributed by atoms with van der Waals surface area (Å²) in [5.41, 5.74) is 0. The molecule has 0 radical (unpaired) electrons. The van der Waals surface area contributed by atoms with Crippen molar-refractivity contribution >= 4 is 19.8 Å². The minimum Gasteiger partial charge on any atom is -0.462 e. The SMILES string of the molecule is CC/C=C\C(O)C/C=C/C=C\C/C=C\C/C=C\CCCC(=O)O[C@H](COC(=O)CCCCCCC/C=C\CCCCCC)COP(=O)(O)OC[C@@H](O)CO. The third-order valence-corrected chi connectivity index (χ3v) is 8.87. The lowest BCUT2D eigenvalue weighted by Gasteiger charge is -2.20. The monoisotopic (exact) mass is 782 g/mol. The highest BCUT2D eigenvalue weighted by molar-refractivity contribution is 7.47. The molecule has 2 unspecified atom stereocenters. The van der Waals surface area contributed by atoms with Gasteiger partial charge < -0.3 is 29.7 Å². The predicted octanol–water partition coefficient (Wildman–Crippen LogP) is 9.08. The molecule has 0 aliphatic heterocycles. The van der Waals surface area contributed by atoms with E-state index >= 15 is 0 Å². The smallest absolute Gasteiger partial charge is 0.462 e. The molecule has 0 aromatic carbocycles. The number of hydrogen-bond donors (Lipinski definition) is 4. The molecular weight excluding hydrogens is 711 g/mol. The first kappa shape index (κ1) is 51.4. The van der Waals surface area contributed by atoms with Crippen LogP contribution in [0.2, 0.25) is 0 Å². The molecule has 0 amide bonds. The Bertz CT molecular complexity index is 1150. The van der Waals surface area contributed by atoms with Crippen molar-refractivity contribution in [1.82, 2.24) is 0 Å². The van der Waals surface area contributed by atoms with Gasteiger partial charge in [0, 0.05) is 12.8 Å². The number of phosphoric ester groups is 1. The molecule has 54 heavy (non-hydrogen) atoms. The van der Waals surface area contributed by atoms with Gasteiger partial charge in [0.2, 0.25) is 0 Å². The zero-order valence-corrected chi connectivity index (χ0v) is 33.9. The second kappa shape index (κ2) is 37.3. The predicted molar refractivity (Wildman–Crippen MR) is 216 cm³/mol. The number of hydrogen-bond acceptors (Lipinski definition) is 10. The van der Waals surface area contributed by atoms with Crippen LogP contribution < -0.4 is 0 Å². The molecule has 0 rings (SSSR count). The molecule has 0 saturated carbocycles. The number of phosphoric acid groups is 1. The van der Waals surface area contributed by atoms with Crippen LogP contribution in [0.3, 0.4) is 0 Å². The Morgan fingerprint density at radius 1 is 0.648 bits per heavy atom. The van der Waals surface area contributed by atoms with Gasteiger partial charge in [-0.25, -0.2) is 4.57 Å². The zero-order chi connectivity index (χ0) is 40.0. The molecule has 0 spiro atoms. The number of aliphatic hydroxyl groups is 3. The van der Waals surface area contributed by atoms with Crippen molar-refractivity contribution < 1.29 is 52.9 Å². The molecular formula is C42H71O11P. The number of unbranched alkanes of at least 4 members (excludes halogenated alkanes) is 10. The van der Waals surface area contributed by atoms with E-state index in [0.717, 1.165) is 57.8 Å². The quantitative estimate of drug-likeness (QED) is 0.0157. The molecule has 0 bridgehead atoms. The fourth-order valence-corrected chi connectivity index (χ4v) is 5.60. The Morgan fingerprint density at radius 2 is 1.22 bits per heavy atom. The Kier molecular flexibility index (Phi) is 35.5. The number of carbonyl (C=O) groups is 2. The van der Waals surface area contributed by atoms with E-state index in [1.807, 2.05) is 49.5 Å². The van der Waals surface area contributed by atoms with Crippen molar-refractivity contribution in [2.24, 2.45) is 0 Å². The lowest BCUT2D eigenvalue weighted by atomic mass is 10.1. The van der Waals surface area contributed by atoms with E-state index < -0.39 is 57.9 Å². The highest BCUT2D eigenvalue weighted by atomic mass is 31.2. The Hall–Kier alpha value is -2.63. The van der Waals surface area contributed by atoms with Gasteiger partial charge in [0.15, 0.2) is 6.10 Å². The molecule has 0 fully saturated rings. The number of allylic oxidation sites excluding steroid dienone is 10. The van der Waals surface area contributed by atoms with Gasteiger partial charge in [-0.05, 0) is 70.6 Å². The minimum absolute atomic E-state index is 0.0829. The van der Waals surface area contributed by atoms with Crippen LogP contribution in [0, 0.1) is 0 Å². The first-order chi connectivity index (χ1) is 26.1. The number of aliphatic hydroxyl groups excluding tert-OH is 3. The van der Waals surface area contributed by atoms with Crippen LogP contribution in [0.1, 0.15) is 136 Å². The maximum Gasteiger partial charge on any atom is 0.472 e. The summed E-state index contributed by atoms with van der Waals surface area (Å²) in [5, 5.41) is 28.0. The van der Waals surface area contributed by atoms with Crippen molar-refractivity contribution in [2.45, 2.75) is 154 Å². The van der Waals surface area contributed by atoms with E-state index in [1.165, 1.54) is 25.7 Å². The van der Waals surface area contributed by atoms with Crippen LogP contribution in [-0.4, -0.2) is 76.9 Å². The normalized spacial score (nSPS) is 15.3. The summed E-state index contributed by atoms with van der Waals surface area (Å²) in [7, 11) is -4.64. The molecule has 0 aliphatic carbocycles. The molecule has 310 valence electrons. The van der Waals surface area contributed by atoms with E-state index in [-0.39, 0.29) is 19.4 Å². The third-order valence-electron chi connectivity index (χ3n) is 7.92.